The molecule has 4 N–H and O–H groups in total. The minimum Gasteiger partial charge on any atom is -0.512 e. The summed E-state index contributed by atoms with van der Waals surface area (Å²) < 4.78 is 0. The van der Waals surface area contributed by atoms with Gasteiger partial charge in [-0.3, -0.25) is 39.1 Å². The first-order valence-electron chi connectivity index (χ1n) is 49.2. The first-order chi connectivity index (χ1) is 66.6. The fraction of sp³-hybridized carbons (Fsp3) is 0.302. The first kappa shape index (κ1) is 124. The zero-order valence-electron chi connectivity index (χ0n) is 89.6. The fourth-order valence-electron chi connectivity index (χ4n) is 17.4. The maximum atomic E-state index is 11.4. The summed E-state index contributed by atoms with van der Waals surface area (Å²) in [7, 11) is 0. The third-order valence-corrected chi connectivity index (χ3v) is 24.1. The van der Waals surface area contributed by atoms with Crippen LogP contribution in [-0.4, -0.2) is 63.5 Å². The predicted molar refractivity (Wildman–Crippen MR) is 591 cm³/mol. The molecule has 1 aliphatic rings. The molecule has 16 heteroatoms. The van der Waals surface area contributed by atoms with Crippen LogP contribution >= 0.6 is 0 Å². The Morgan fingerprint density at radius 3 is 1.06 bits per heavy atom. The van der Waals surface area contributed by atoms with Crippen molar-refractivity contribution >= 4 is 66.7 Å². The molecule has 145 heavy (non-hydrogen) atoms. The molecule has 0 bridgehead atoms. The van der Waals surface area contributed by atoms with E-state index in [1.54, 1.807) is 0 Å². The number of aryl methyl sites for hydroxylation is 10. The Hall–Kier alpha value is -11.5. The molecule has 2 atom stereocenters. The second-order valence-electron chi connectivity index (χ2n) is 39.7. The number of hydrogen-bond acceptors (Lipinski definition) is 12. The average molecular weight is 2650 g/mol. The van der Waals surface area contributed by atoms with Crippen molar-refractivity contribution < 1.29 is 120 Å². The Kier molecular flexibility index (Phi) is 49.7. The number of rotatable bonds is 20. The first-order valence-corrected chi connectivity index (χ1v) is 49.2. The van der Waals surface area contributed by atoms with Gasteiger partial charge in [0.15, 0.2) is 23.1 Å². The van der Waals surface area contributed by atoms with Gasteiger partial charge in [-0.25, -0.2) is 0 Å². The van der Waals surface area contributed by atoms with E-state index in [1.807, 2.05) is 33.8 Å². The van der Waals surface area contributed by atoms with Crippen LogP contribution < -0.4 is 0 Å². The fourth-order valence-corrected chi connectivity index (χ4v) is 17.4. The number of aromatic nitrogens is 4. The molecule has 4 radical (unpaired) electrons. The molecule has 4 aromatic heterocycles. The van der Waals surface area contributed by atoms with Crippen molar-refractivity contribution in [3.05, 3.63) is 380 Å². The van der Waals surface area contributed by atoms with Crippen molar-refractivity contribution in [2.45, 2.75) is 231 Å². The Bertz CT molecular complexity index is 6950. The van der Waals surface area contributed by atoms with E-state index in [4.69, 9.17) is 35.3 Å². The van der Waals surface area contributed by atoms with Gasteiger partial charge in [0.25, 0.3) is 0 Å². The number of pyridine rings is 4. The third kappa shape index (κ3) is 37.1. The number of para-hydroxylation sites is 1. The smallest absolute Gasteiger partial charge is 0.161 e. The maximum Gasteiger partial charge on any atom is 0.161 e. The number of aliphatic hydroxyl groups is 4. The maximum absolute atomic E-state index is 11.4. The van der Waals surface area contributed by atoms with Crippen LogP contribution in [0.25, 0.3) is 122 Å². The predicted octanol–water partition coefficient (Wildman–Crippen LogP) is 33.3. The van der Waals surface area contributed by atoms with E-state index in [9.17, 15) is 24.3 Å². The van der Waals surface area contributed by atoms with Crippen LogP contribution in [0.3, 0.4) is 0 Å². The molecule has 11 aromatic carbocycles. The van der Waals surface area contributed by atoms with Crippen molar-refractivity contribution in [3.8, 4) is 78.4 Å². The second kappa shape index (κ2) is 58.1. The number of aliphatic hydroxyl groups excluding tert-OH is 4. The van der Waals surface area contributed by atoms with Crippen LogP contribution in [0.4, 0.5) is 0 Å². The number of allylic oxidation sites excluding steroid dienone is 8. The van der Waals surface area contributed by atoms with Crippen molar-refractivity contribution in [1.29, 1.82) is 0 Å². The third-order valence-electron chi connectivity index (χ3n) is 24.1. The molecule has 768 valence electrons. The van der Waals surface area contributed by atoms with E-state index in [0.29, 0.717) is 17.8 Å². The summed E-state index contributed by atoms with van der Waals surface area (Å²) in [6.45, 7) is 55.8. The van der Waals surface area contributed by atoms with Gasteiger partial charge in [-0.05, 0) is 232 Å². The van der Waals surface area contributed by atoms with Gasteiger partial charge in [-0.2, -0.15) is 0 Å². The summed E-state index contributed by atoms with van der Waals surface area (Å²) >= 11 is 0. The molecule has 4 heterocycles. The van der Waals surface area contributed by atoms with Crippen molar-refractivity contribution in [2.75, 3.05) is 0 Å². The number of hydrogen-bond donors (Lipinski definition) is 4. The van der Waals surface area contributed by atoms with Gasteiger partial charge in [-0.1, -0.05) is 283 Å². The zero-order chi connectivity index (χ0) is 104. The van der Waals surface area contributed by atoms with E-state index in [2.05, 4.69) is 367 Å². The minimum atomic E-state index is -0.125. The molecule has 2 unspecified atom stereocenters. The molecule has 12 nitrogen and oxygen atoms in total. The quantitative estimate of drug-likeness (QED) is 0.0320. The summed E-state index contributed by atoms with van der Waals surface area (Å²) in [4.78, 5) is 61.4. The molecule has 1 aliphatic carbocycles. The van der Waals surface area contributed by atoms with Gasteiger partial charge in [0.2, 0.25) is 0 Å². The summed E-state index contributed by atoms with van der Waals surface area (Å²) in [5.41, 5.74) is 39.3. The molecular formula is C129H144Ir4N4O8-4. The van der Waals surface area contributed by atoms with Crippen LogP contribution in [0, 0.1) is 123 Å². The Morgan fingerprint density at radius 1 is 0.310 bits per heavy atom. The molecule has 0 saturated carbocycles. The molecule has 15 aromatic rings. The van der Waals surface area contributed by atoms with Crippen LogP contribution in [-0.2, 0) is 124 Å². The van der Waals surface area contributed by atoms with Crippen molar-refractivity contribution in [3.63, 3.8) is 0 Å². The van der Waals surface area contributed by atoms with Gasteiger partial charge in [0.05, 0.1) is 45.1 Å². The summed E-state index contributed by atoms with van der Waals surface area (Å²) in [5.74, 6) is 1.96. The van der Waals surface area contributed by atoms with Crippen LogP contribution in [0.15, 0.2) is 272 Å². The van der Waals surface area contributed by atoms with Gasteiger partial charge in [0, 0.05) is 144 Å². The van der Waals surface area contributed by atoms with Gasteiger partial charge in [0.1, 0.15) is 0 Å². The van der Waals surface area contributed by atoms with E-state index in [-0.39, 0.29) is 144 Å². The molecule has 16 rings (SSSR count). The second-order valence-corrected chi connectivity index (χ2v) is 39.7. The molecule has 0 aliphatic heterocycles. The number of fused-ring (bicyclic) bond motifs is 7. The van der Waals surface area contributed by atoms with Crippen LogP contribution in [0.1, 0.15) is 221 Å². The van der Waals surface area contributed by atoms with Gasteiger partial charge >= 0.3 is 0 Å². The molecule has 0 amide bonds. The summed E-state index contributed by atoms with van der Waals surface area (Å²) in [6.07, 6.45) is 9.71. The molecule has 0 saturated heterocycles. The number of benzene rings is 11. The largest absolute Gasteiger partial charge is 0.512 e. The molecular weight excluding hydrogens is 2500 g/mol. The van der Waals surface area contributed by atoms with E-state index in [0.717, 1.165) is 121 Å². The van der Waals surface area contributed by atoms with E-state index in [1.165, 1.54) is 182 Å². The minimum absolute atomic E-state index is 0. The normalized spacial score (nSPS) is 12.1. The SMILES string of the molecule is CC(=O)C=C(C)O.CC(=O)C=C(C)O.CC(=O)C=C(C)O.CCC(C)C(=O)C=C(O)C(C)CC.Cc1[c-]c(-c2cc(-c3ccc(C)cc3)c3ccccc3n2)cc(C)c1.Cc1[c-]c(-c2cc(CC(C)C)c3cc(-c4ccccc4)ccc3n2)cc(C)c1.Cc1[c-]c(-c2cc(CC(C)C)c3cc(C)ccc3n2)cc(C)c1.Cc1[c-]c(-c2cc(CC(C)C)c3cc4c(cc3n2)C(C)(C)c2ccccc2-4)cc(C)c1.[Ir].[Ir].[Ir].[Ir]. The number of ketones is 4. The number of nitrogens with zero attached hydrogens (tertiary/aromatic N) is 4. The zero-order valence-corrected chi connectivity index (χ0v) is 99.2. The Balaban J connectivity index is 0.000000306. The number of carbonyl (C=O) groups excluding carboxylic acids is 4. The van der Waals surface area contributed by atoms with Gasteiger partial charge < -0.3 is 20.4 Å². The molecule has 0 fully saturated rings. The average Bonchev–Trinajstić information content (AvgIpc) is 1.57. The van der Waals surface area contributed by atoms with Crippen molar-refractivity contribution in [2.24, 2.45) is 29.6 Å². The van der Waals surface area contributed by atoms with Crippen LogP contribution in [0.5, 0.6) is 0 Å². The van der Waals surface area contributed by atoms with Crippen LogP contribution in [0.2, 0.25) is 0 Å². The standard InChI is InChI=1S/C30H30N.C27H26N.C24H20N.C22H24N.C11H20O2.3C5H8O2.4Ir/c1-18(2)11-21-15-28(22-13-19(3)12-20(4)14-22)31-29-17-27-25(16-24(21)29)23-9-7-8-10-26(23)30(27,5)6;1-18(2)12-23-17-27(24-14-19(3)13-20(4)15-24)28-26-11-10-22(16-25(23)26)21-8-6-5-7-9-21;1-16-8-10-19(11-9-16)22-15-24(20-13-17(2)12-18(3)14-20)25-23-7-5-4-6-21(22)23;1-14(2)8-18-13-22(19-10-16(4)9-17(5)11-19)23-21-7-6-15(3)12-20(18)21;1-5-8(3)10(12)7-11(13)9(4)6-2;3*1-4(6)3-5(2)7;;;;/h7-10,12-13,15-18H,11H2,1-6H3;5-11,13-14,16-18H,12H2,1-4H3;4-13,15H,1-3H3;6-7,9-10,12-14H,8H2,1-5H3;7-9,12H,5-6H2,1-4H3;3*3,6H,1-2H3;;;;/q4*-1;;;;;;;;. The Morgan fingerprint density at radius 2 is 0.662 bits per heavy atom. The van der Waals surface area contributed by atoms with Gasteiger partial charge in [-0.15, -0.1) is 140 Å². The number of carbonyl (C=O) groups is 4. The summed E-state index contributed by atoms with van der Waals surface area (Å²) in [5, 5.41) is 39.6. The monoisotopic (exact) mass is 2650 g/mol. The topological polar surface area (TPSA) is 201 Å². The van der Waals surface area contributed by atoms with Crippen molar-refractivity contribution in [1.82, 2.24) is 19.9 Å². The van der Waals surface area contributed by atoms with E-state index >= 15 is 0 Å². The summed E-state index contributed by atoms with van der Waals surface area (Å²) in [6, 6.07) is 94.7. The molecule has 0 spiro atoms. The van der Waals surface area contributed by atoms with E-state index < -0.39 is 0 Å². The Labute approximate surface area is 917 Å².